The molecule has 2 aromatic carbocycles. The number of nitrogens with zero attached hydrogens (tertiary/aromatic N) is 4. The number of carbonyl (C=O) groups excluding carboxylic acids is 1. The second-order valence-electron chi connectivity index (χ2n) is 8.17. The van der Waals surface area contributed by atoms with Gasteiger partial charge in [0.15, 0.2) is 5.65 Å². The second-order valence-corrected chi connectivity index (χ2v) is 9.13. The number of benzene rings is 2. The molecule has 1 saturated heterocycles. The fourth-order valence-electron chi connectivity index (χ4n) is 3.98. The maximum absolute atomic E-state index is 11.3. The number of halogens is 1. The van der Waals surface area contributed by atoms with Crippen LogP contribution >= 0.6 is 15.9 Å². The van der Waals surface area contributed by atoms with Crippen molar-refractivity contribution in [3.63, 3.8) is 0 Å². The number of anilines is 1. The Morgan fingerprint density at radius 1 is 1.00 bits per heavy atom. The lowest BCUT2D eigenvalue weighted by atomic mass is 10.0. The highest BCUT2D eigenvalue weighted by Gasteiger charge is 2.17. The molecule has 8 heteroatoms. The monoisotopic (exact) mass is 518 g/mol. The average Bonchev–Trinajstić information content (AvgIpc) is 3.31. The highest BCUT2D eigenvalue weighted by molar-refractivity contribution is 9.12. The molecule has 4 aromatic rings. The van der Waals surface area contributed by atoms with Crippen LogP contribution in [0.3, 0.4) is 0 Å². The summed E-state index contributed by atoms with van der Waals surface area (Å²) in [5.41, 5.74) is 11.0. The number of likely N-dealkylation sites (tertiary alicyclic amines) is 1. The number of nitrogens with one attached hydrogen (secondary N) is 1. The molecule has 174 valence electrons. The molecular formula is C26H27BrN6O. The summed E-state index contributed by atoms with van der Waals surface area (Å²) >= 11 is 3.09. The molecule has 1 fully saturated rings. The Morgan fingerprint density at radius 3 is 2.35 bits per heavy atom. The first-order chi connectivity index (χ1) is 16.5. The van der Waals surface area contributed by atoms with Gasteiger partial charge >= 0.3 is 0 Å². The van der Waals surface area contributed by atoms with Crippen LogP contribution in [0.15, 0.2) is 72.0 Å². The van der Waals surface area contributed by atoms with Crippen molar-refractivity contribution in [2.24, 2.45) is 0 Å². The van der Waals surface area contributed by atoms with Crippen LogP contribution in [0.25, 0.3) is 22.3 Å². The van der Waals surface area contributed by atoms with Gasteiger partial charge < -0.3 is 10.6 Å². The summed E-state index contributed by atoms with van der Waals surface area (Å²) < 4.78 is 0.472. The van der Waals surface area contributed by atoms with E-state index in [9.17, 15) is 4.79 Å². The molecule has 0 unspecified atom stereocenters. The number of piperidine rings is 1. The number of rotatable bonds is 4. The molecule has 0 bridgehead atoms. The van der Waals surface area contributed by atoms with E-state index >= 15 is 0 Å². The highest BCUT2D eigenvalue weighted by atomic mass is 79.9. The Morgan fingerprint density at radius 2 is 1.68 bits per heavy atom. The highest BCUT2D eigenvalue weighted by Crippen LogP contribution is 2.28. The number of hydrogen-bond donors (Lipinski definition) is 2. The molecular weight excluding hydrogens is 492 g/mol. The van der Waals surface area contributed by atoms with E-state index in [0.717, 1.165) is 49.0 Å². The summed E-state index contributed by atoms with van der Waals surface area (Å²) in [7, 11) is 0. The first-order valence-electron chi connectivity index (χ1n) is 11.2. The number of carbonyl (C=O) groups is 1. The maximum Gasteiger partial charge on any atom is 0.260 e. The molecule has 0 spiro atoms. The maximum atomic E-state index is 11.3. The summed E-state index contributed by atoms with van der Waals surface area (Å²) in [6.07, 6.45) is 5.85. The number of amides is 1. The van der Waals surface area contributed by atoms with Crippen molar-refractivity contribution < 1.29 is 4.79 Å². The fourth-order valence-corrected chi connectivity index (χ4v) is 4.23. The molecule has 1 aliphatic rings. The summed E-state index contributed by atoms with van der Waals surface area (Å²) in [6.45, 7) is 5.34. The number of hydrogen-bond acceptors (Lipinski definition) is 5. The first-order valence-corrected chi connectivity index (χ1v) is 12.0. The third-order valence-electron chi connectivity index (χ3n) is 5.75. The van der Waals surface area contributed by atoms with E-state index in [2.05, 4.69) is 91.2 Å². The molecule has 7 nitrogen and oxygen atoms in total. The molecule has 2 aromatic heterocycles. The van der Waals surface area contributed by atoms with Gasteiger partial charge in [0.05, 0.1) is 15.6 Å². The molecule has 3 N–H and O–H groups in total. The predicted octanol–water partition coefficient (Wildman–Crippen LogP) is 5.10. The van der Waals surface area contributed by atoms with Gasteiger partial charge in [0, 0.05) is 18.7 Å². The largest absolute Gasteiger partial charge is 0.383 e. The molecule has 1 amide bonds. The van der Waals surface area contributed by atoms with Crippen LogP contribution in [-0.2, 0) is 11.2 Å². The van der Waals surface area contributed by atoms with Gasteiger partial charge in [-0.25, -0.2) is 9.97 Å². The van der Waals surface area contributed by atoms with Crippen molar-refractivity contribution in [1.29, 1.82) is 0 Å². The van der Waals surface area contributed by atoms with E-state index in [1.807, 2.05) is 11.0 Å². The zero-order chi connectivity index (χ0) is 23.9. The van der Waals surface area contributed by atoms with E-state index < -0.39 is 0 Å². The Bertz CT molecular complexity index is 1260. The quantitative estimate of drug-likeness (QED) is 0.366. The third kappa shape index (κ3) is 5.69. The van der Waals surface area contributed by atoms with Gasteiger partial charge in [-0.15, -0.1) is 0 Å². The van der Waals surface area contributed by atoms with Crippen LogP contribution in [0.2, 0.25) is 0 Å². The van der Waals surface area contributed by atoms with Crippen LogP contribution < -0.4 is 5.73 Å². The fraction of sp³-hybridized carbons (Fsp3) is 0.231. The Balaban J connectivity index is 0.000000210. The van der Waals surface area contributed by atoms with Crippen molar-refractivity contribution in [2.45, 2.75) is 25.7 Å². The van der Waals surface area contributed by atoms with E-state index in [4.69, 9.17) is 5.73 Å². The van der Waals surface area contributed by atoms with Gasteiger partial charge in [-0.05, 0) is 52.7 Å². The summed E-state index contributed by atoms with van der Waals surface area (Å²) in [6, 6.07) is 18.8. The number of aromatic amines is 1. The number of nitrogens with two attached hydrogens (primary N) is 1. The summed E-state index contributed by atoms with van der Waals surface area (Å²) in [5.74, 6) is 0.483. The molecule has 1 aliphatic heterocycles. The number of aromatic nitrogens is 4. The predicted molar refractivity (Wildman–Crippen MR) is 139 cm³/mol. The van der Waals surface area contributed by atoms with E-state index in [-0.39, 0.29) is 5.91 Å². The Kier molecular flexibility index (Phi) is 7.69. The minimum atomic E-state index is 0.0460. The lowest BCUT2D eigenvalue weighted by molar-refractivity contribution is -0.127. The summed E-state index contributed by atoms with van der Waals surface area (Å²) in [4.78, 5) is 21.3. The number of H-pyrrole nitrogens is 1. The second kappa shape index (κ2) is 11.1. The molecule has 5 rings (SSSR count). The first kappa shape index (κ1) is 23.6. The normalized spacial score (nSPS) is 13.3. The van der Waals surface area contributed by atoms with Crippen molar-refractivity contribution in [1.82, 2.24) is 25.1 Å². The SMILES string of the molecule is C=C(Br)C(=O)N1CCCCC1.Nc1ncnc2n[nH]c(-c3ccc(Cc4ccccc4)cc3)c12. The average molecular weight is 519 g/mol. The van der Waals surface area contributed by atoms with Crippen LogP contribution in [-0.4, -0.2) is 44.1 Å². The van der Waals surface area contributed by atoms with Gasteiger partial charge in [0.25, 0.3) is 5.91 Å². The lowest BCUT2D eigenvalue weighted by Gasteiger charge is -2.26. The third-order valence-corrected chi connectivity index (χ3v) is 6.09. The van der Waals surface area contributed by atoms with Gasteiger partial charge in [-0.2, -0.15) is 5.10 Å². The molecule has 0 radical (unpaired) electrons. The minimum Gasteiger partial charge on any atom is -0.383 e. The molecule has 34 heavy (non-hydrogen) atoms. The Hall–Kier alpha value is -3.52. The standard InChI is InChI=1S/C18H15N5.C8H12BrNO/c19-17-15-16(22-23-18(15)21-11-20-17)14-8-6-13(7-9-14)10-12-4-2-1-3-5-12;1-7(9)8(11)10-5-3-2-4-6-10/h1-9,11H,10H2,(H3,19,20,21,22,23);1-6H2. The van der Waals surface area contributed by atoms with Gasteiger partial charge in [0.1, 0.15) is 12.1 Å². The van der Waals surface area contributed by atoms with E-state index in [0.29, 0.717) is 15.9 Å². The topological polar surface area (TPSA) is 101 Å². The minimum absolute atomic E-state index is 0.0460. The van der Waals surface area contributed by atoms with Gasteiger partial charge in [-0.3, -0.25) is 9.89 Å². The van der Waals surface area contributed by atoms with E-state index in [1.54, 1.807) is 0 Å². The number of nitrogen functional groups attached to an aromatic ring is 1. The molecule has 0 saturated carbocycles. The van der Waals surface area contributed by atoms with Crippen LogP contribution in [0, 0.1) is 0 Å². The van der Waals surface area contributed by atoms with Crippen LogP contribution in [0.4, 0.5) is 5.82 Å². The van der Waals surface area contributed by atoms with Crippen molar-refractivity contribution >= 4 is 38.7 Å². The van der Waals surface area contributed by atoms with Crippen molar-refractivity contribution in [2.75, 3.05) is 18.8 Å². The van der Waals surface area contributed by atoms with Crippen molar-refractivity contribution in [3.05, 3.63) is 83.1 Å². The smallest absolute Gasteiger partial charge is 0.260 e. The zero-order valence-electron chi connectivity index (χ0n) is 18.9. The van der Waals surface area contributed by atoms with Gasteiger partial charge in [-0.1, -0.05) is 61.2 Å². The zero-order valence-corrected chi connectivity index (χ0v) is 20.5. The van der Waals surface area contributed by atoms with E-state index in [1.165, 1.54) is 23.9 Å². The molecule has 0 atom stereocenters. The van der Waals surface area contributed by atoms with Crippen LogP contribution in [0.5, 0.6) is 0 Å². The Labute approximate surface area is 207 Å². The van der Waals surface area contributed by atoms with Crippen LogP contribution in [0.1, 0.15) is 30.4 Å². The van der Waals surface area contributed by atoms with Gasteiger partial charge in [0.2, 0.25) is 0 Å². The molecule has 0 aliphatic carbocycles. The summed E-state index contributed by atoms with van der Waals surface area (Å²) in [5, 5.41) is 7.96. The van der Waals surface area contributed by atoms with Crippen molar-refractivity contribution in [3.8, 4) is 11.3 Å². The number of fused-ring (bicyclic) bond motifs is 1. The lowest BCUT2D eigenvalue weighted by Crippen LogP contribution is -2.35. The molecule has 3 heterocycles.